The van der Waals surface area contributed by atoms with Crippen molar-refractivity contribution in [1.29, 1.82) is 0 Å². The van der Waals surface area contributed by atoms with Crippen molar-refractivity contribution in [2.45, 2.75) is 45.1 Å². The molecule has 6 rings (SSSR count). The quantitative estimate of drug-likeness (QED) is 0.339. The third-order valence-corrected chi connectivity index (χ3v) is 6.90. The molecule has 0 spiro atoms. The normalized spacial score (nSPS) is 19.0. The maximum Gasteiger partial charge on any atom is 0.228 e. The summed E-state index contributed by atoms with van der Waals surface area (Å²) < 4.78 is 13.4. The Morgan fingerprint density at radius 1 is 0.821 bits per heavy atom. The molecular weight excluding hydrogens is 494 g/mol. The van der Waals surface area contributed by atoms with Crippen molar-refractivity contribution in [3.63, 3.8) is 0 Å². The first kappa shape index (κ1) is 25.3. The minimum absolute atomic E-state index is 0.00665. The molecule has 1 atom stereocenters. The van der Waals surface area contributed by atoms with Crippen molar-refractivity contribution in [3.05, 3.63) is 84.0 Å². The summed E-state index contributed by atoms with van der Waals surface area (Å²) in [4.78, 5) is 27.2. The van der Waals surface area contributed by atoms with Gasteiger partial charge in [-0.1, -0.05) is 30.3 Å². The van der Waals surface area contributed by atoms with Crippen molar-refractivity contribution >= 4 is 11.9 Å². The highest BCUT2D eigenvalue weighted by atomic mass is 16.7. The smallest absolute Gasteiger partial charge is 0.228 e. The highest BCUT2D eigenvalue weighted by Gasteiger charge is 2.32. The van der Waals surface area contributed by atoms with Gasteiger partial charge in [0.2, 0.25) is 11.9 Å². The van der Waals surface area contributed by atoms with E-state index in [1.165, 1.54) is 5.56 Å². The Morgan fingerprint density at radius 2 is 1.56 bits per heavy atom. The highest BCUT2D eigenvalue weighted by molar-refractivity contribution is 5.38. The van der Waals surface area contributed by atoms with Crippen molar-refractivity contribution in [2.75, 3.05) is 42.6 Å². The van der Waals surface area contributed by atoms with E-state index in [1.54, 1.807) is 6.33 Å². The molecule has 2 fully saturated rings. The van der Waals surface area contributed by atoms with Crippen LogP contribution in [0.2, 0.25) is 0 Å². The summed E-state index contributed by atoms with van der Waals surface area (Å²) in [6.45, 7) is 8.25. The molecule has 5 heterocycles. The maximum atomic E-state index is 5.89. The van der Waals surface area contributed by atoms with Crippen molar-refractivity contribution in [2.24, 2.45) is 0 Å². The molecule has 2 aliphatic rings. The molecule has 3 aromatic heterocycles. The molecule has 0 radical (unpaired) electrons. The van der Waals surface area contributed by atoms with E-state index in [4.69, 9.17) is 14.5 Å². The van der Waals surface area contributed by atoms with Crippen LogP contribution >= 0.6 is 0 Å². The third-order valence-electron chi connectivity index (χ3n) is 6.90. The van der Waals surface area contributed by atoms with E-state index in [0.29, 0.717) is 25.5 Å². The molecule has 11 nitrogen and oxygen atoms in total. The van der Waals surface area contributed by atoms with Gasteiger partial charge < -0.3 is 19.3 Å². The summed E-state index contributed by atoms with van der Waals surface area (Å²) in [5.41, 5.74) is 3.41. The molecule has 1 unspecified atom stereocenters. The van der Waals surface area contributed by atoms with Crippen LogP contribution in [0.3, 0.4) is 0 Å². The number of benzene rings is 1. The van der Waals surface area contributed by atoms with Crippen LogP contribution in [0, 0.1) is 0 Å². The summed E-state index contributed by atoms with van der Waals surface area (Å²) in [6.07, 6.45) is 10.7. The molecule has 0 saturated carbocycles. The summed E-state index contributed by atoms with van der Waals surface area (Å²) in [7, 11) is 0. The molecule has 0 N–H and O–H groups in total. The standard InChI is InChI=1S/C28H33N9O2/c1-28(2)38-19-24(39-28)18-37-17-23(16-33-37)13-25-31-20-32-27(34-25)36-10-8-35(9-11-36)26-29-14-22(15-30-26)12-21-6-4-3-5-7-21/h3-7,14-17,20,24H,8-13,18-19H2,1-2H3. The minimum atomic E-state index is -0.534. The van der Waals surface area contributed by atoms with Crippen LogP contribution in [0.4, 0.5) is 11.9 Å². The first-order chi connectivity index (χ1) is 19.0. The van der Waals surface area contributed by atoms with Gasteiger partial charge in [-0.05, 0) is 30.5 Å². The molecule has 0 bridgehead atoms. The average molecular weight is 528 g/mol. The second kappa shape index (κ2) is 11.0. The predicted octanol–water partition coefficient (Wildman–Crippen LogP) is 2.52. The zero-order valence-electron chi connectivity index (χ0n) is 22.3. The van der Waals surface area contributed by atoms with Gasteiger partial charge in [0.05, 0.1) is 19.3 Å². The number of hydrogen-bond donors (Lipinski definition) is 0. The predicted molar refractivity (Wildman–Crippen MR) is 145 cm³/mol. The van der Waals surface area contributed by atoms with Crippen molar-refractivity contribution < 1.29 is 9.47 Å². The fourth-order valence-electron chi connectivity index (χ4n) is 4.94. The fourth-order valence-corrected chi connectivity index (χ4v) is 4.94. The number of rotatable bonds is 8. The first-order valence-electron chi connectivity index (χ1n) is 13.3. The van der Waals surface area contributed by atoms with E-state index in [0.717, 1.165) is 55.5 Å². The Hall–Kier alpha value is -3.96. The van der Waals surface area contributed by atoms with Gasteiger partial charge in [0.1, 0.15) is 18.3 Å². The number of piperazine rings is 1. The number of aromatic nitrogens is 7. The Labute approximate surface area is 227 Å². The number of anilines is 2. The number of ether oxygens (including phenoxy) is 2. The van der Waals surface area contributed by atoms with Crippen LogP contribution in [0.15, 0.2) is 61.4 Å². The Kier molecular flexibility index (Phi) is 7.16. The summed E-state index contributed by atoms with van der Waals surface area (Å²) >= 11 is 0. The third kappa shape index (κ3) is 6.37. The molecule has 2 aliphatic heterocycles. The molecule has 0 amide bonds. The van der Waals surface area contributed by atoms with Crippen molar-refractivity contribution in [3.8, 4) is 0 Å². The molecule has 0 aliphatic carbocycles. The van der Waals surface area contributed by atoms with E-state index in [2.05, 4.69) is 59.1 Å². The van der Waals surface area contributed by atoms with E-state index in [9.17, 15) is 0 Å². The lowest BCUT2D eigenvalue weighted by Crippen LogP contribution is -2.47. The Morgan fingerprint density at radius 3 is 2.28 bits per heavy atom. The van der Waals surface area contributed by atoms with Crippen LogP contribution < -0.4 is 9.80 Å². The van der Waals surface area contributed by atoms with Crippen LogP contribution in [-0.2, 0) is 28.9 Å². The Bertz CT molecular complexity index is 1370. The van der Waals surface area contributed by atoms with E-state index >= 15 is 0 Å². The molecule has 4 aromatic rings. The second-order valence-electron chi connectivity index (χ2n) is 10.4. The molecular formula is C28H33N9O2. The zero-order valence-corrected chi connectivity index (χ0v) is 22.3. The Balaban J connectivity index is 1.02. The van der Waals surface area contributed by atoms with Gasteiger partial charge in [-0.15, -0.1) is 0 Å². The maximum absolute atomic E-state index is 5.89. The second-order valence-corrected chi connectivity index (χ2v) is 10.4. The lowest BCUT2D eigenvalue weighted by Gasteiger charge is -2.34. The van der Waals surface area contributed by atoms with Crippen LogP contribution in [0.5, 0.6) is 0 Å². The monoisotopic (exact) mass is 527 g/mol. The van der Waals surface area contributed by atoms with Gasteiger partial charge in [-0.25, -0.2) is 19.9 Å². The SMILES string of the molecule is CC1(C)OCC(Cn2cc(Cc3ncnc(N4CCN(c5ncc(Cc6ccccc6)cn5)CC4)n3)cn2)O1. The lowest BCUT2D eigenvalue weighted by atomic mass is 10.1. The number of hydrogen-bond acceptors (Lipinski definition) is 10. The van der Waals surface area contributed by atoms with E-state index in [-0.39, 0.29) is 6.10 Å². The summed E-state index contributed by atoms with van der Waals surface area (Å²) in [6, 6.07) is 10.4. The molecule has 11 heteroatoms. The molecule has 202 valence electrons. The van der Waals surface area contributed by atoms with Gasteiger partial charge in [-0.3, -0.25) is 4.68 Å². The first-order valence-corrected chi connectivity index (χ1v) is 13.3. The summed E-state index contributed by atoms with van der Waals surface area (Å²) in [5, 5.41) is 4.48. The van der Waals surface area contributed by atoms with E-state index in [1.807, 2.05) is 49.4 Å². The van der Waals surface area contributed by atoms with Gasteiger partial charge in [0.15, 0.2) is 5.79 Å². The minimum Gasteiger partial charge on any atom is -0.348 e. The lowest BCUT2D eigenvalue weighted by molar-refractivity contribution is -0.139. The number of nitrogens with zero attached hydrogens (tertiary/aromatic N) is 9. The van der Waals surface area contributed by atoms with Crippen LogP contribution in [0.25, 0.3) is 0 Å². The van der Waals surface area contributed by atoms with Crippen molar-refractivity contribution in [1.82, 2.24) is 34.7 Å². The zero-order chi connectivity index (χ0) is 26.7. The fraction of sp³-hybridized carbons (Fsp3) is 0.429. The largest absolute Gasteiger partial charge is 0.348 e. The van der Waals surface area contributed by atoms with Gasteiger partial charge in [0.25, 0.3) is 0 Å². The molecule has 39 heavy (non-hydrogen) atoms. The van der Waals surface area contributed by atoms with Gasteiger partial charge in [-0.2, -0.15) is 10.1 Å². The van der Waals surface area contributed by atoms with Gasteiger partial charge >= 0.3 is 0 Å². The molecule has 2 saturated heterocycles. The highest BCUT2D eigenvalue weighted by Crippen LogP contribution is 2.23. The van der Waals surface area contributed by atoms with Crippen LogP contribution in [-0.4, -0.2) is 79.4 Å². The molecule has 1 aromatic carbocycles. The van der Waals surface area contributed by atoms with Crippen LogP contribution in [0.1, 0.15) is 36.4 Å². The summed E-state index contributed by atoms with van der Waals surface area (Å²) in [5.74, 6) is 1.65. The average Bonchev–Trinajstić information content (AvgIpc) is 3.54. The van der Waals surface area contributed by atoms with E-state index < -0.39 is 5.79 Å². The van der Waals surface area contributed by atoms with Gasteiger partial charge in [0, 0.05) is 57.6 Å². The topological polar surface area (TPSA) is 107 Å².